The van der Waals surface area contributed by atoms with E-state index >= 15 is 0 Å². The summed E-state index contributed by atoms with van der Waals surface area (Å²) in [5.74, 6) is 1.85. The zero-order valence-corrected chi connectivity index (χ0v) is 17.4. The number of anilines is 1. The van der Waals surface area contributed by atoms with E-state index in [9.17, 15) is 9.18 Å². The van der Waals surface area contributed by atoms with Gasteiger partial charge in [0.2, 0.25) is 5.91 Å². The molecule has 0 aliphatic carbocycles. The van der Waals surface area contributed by atoms with E-state index in [0.29, 0.717) is 13.0 Å². The summed E-state index contributed by atoms with van der Waals surface area (Å²) >= 11 is 0. The Balaban J connectivity index is 1.30. The third-order valence-electron chi connectivity index (χ3n) is 5.61. The van der Waals surface area contributed by atoms with Crippen LogP contribution in [0.15, 0.2) is 36.4 Å². The lowest BCUT2D eigenvalue weighted by Gasteiger charge is -2.32. The van der Waals surface area contributed by atoms with Crippen LogP contribution in [-0.2, 0) is 11.2 Å². The number of hydrogen-bond donors (Lipinski definition) is 1. The minimum Gasteiger partial charge on any atom is -0.356 e. The fourth-order valence-electron chi connectivity index (χ4n) is 3.82. The second-order valence-corrected chi connectivity index (χ2v) is 8.10. The van der Waals surface area contributed by atoms with E-state index in [-0.39, 0.29) is 23.6 Å². The van der Waals surface area contributed by atoms with Gasteiger partial charge in [0.1, 0.15) is 11.6 Å². The van der Waals surface area contributed by atoms with Gasteiger partial charge in [-0.2, -0.15) is 4.52 Å². The number of amides is 1. The van der Waals surface area contributed by atoms with Crippen molar-refractivity contribution in [1.29, 1.82) is 0 Å². The monoisotopic (exact) mass is 410 g/mol. The van der Waals surface area contributed by atoms with Crippen molar-refractivity contribution in [2.24, 2.45) is 5.92 Å². The Hall–Kier alpha value is -3.03. The first-order chi connectivity index (χ1) is 14.5. The van der Waals surface area contributed by atoms with Gasteiger partial charge in [-0.05, 0) is 49.1 Å². The van der Waals surface area contributed by atoms with Gasteiger partial charge in [0.15, 0.2) is 11.5 Å². The average Bonchev–Trinajstić information content (AvgIpc) is 3.19. The second kappa shape index (κ2) is 8.77. The molecule has 30 heavy (non-hydrogen) atoms. The number of fused-ring (bicyclic) bond motifs is 1. The summed E-state index contributed by atoms with van der Waals surface area (Å²) in [5, 5.41) is 16.2. The summed E-state index contributed by atoms with van der Waals surface area (Å²) in [7, 11) is 0. The fourth-order valence-corrected chi connectivity index (χ4v) is 3.82. The number of halogens is 1. The lowest BCUT2D eigenvalue weighted by Crippen LogP contribution is -2.41. The summed E-state index contributed by atoms with van der Waals surface area (Å²) in [6, 6.07) is 10.3. The van der Waals surface area contributed by atoms with E-state index in [1.54, 1.807) is 12.1 Å². The van der Waals surface area contributed by atoms with Crippen LogP contribution in [0.1, 0.15) is 44.0 Å². The molecular formula is C22H27FN6O. The van der Waals surface area contributed by atoms with Crippen LogP contribution >= 0.6 is 0 Å². The third kappa shape index (κ3) is 4.42. The lowest BCUT2D eigenvalue weighted by atomic mass is 9.96. The highest BCUT2D eigenvalue weighted by Gasteiger charge is 2.26. The normalized spacial score (nSPS) is 15.1. The minimum absolute atomic E-state index is 0.0133. The van der Waals surface area contributed by atoms with Gasteiger partial charge in [-0.3, -0.25) is 4.79 Å². The van der Waals surface area contributed by atoms with Crippen molar-refractivity contribution in [3.63, 3.8) is 0 Å². The van der Waals surface area contributed by atoms with Crippen LogP contribution in [0, 0.1) is 11.7 Å². The van der Waals surface area contributed by atoms with E-state index in [1.807, 2.05) is 16.6 Å². The second-order valence-electron chi connectivity index (χ2n) is 8.10. The van der Waals surface area contributed by atoms with E-state index in [1.165, 1.54) is 12.1 Å². The molecule has 1 saturated heterocycles. The quantitative estimate of drug-likeness (QED) is 0.676. The third-order valence-corrected chi connectivity index (χ3v) is 5.61. The topological polar surface area (TPSA) is 75.4 Å². The van der Waals surface area contributed by atoms with Crippen molar-refractivity contribution in [2.45, 2.75) is 39.0 Å². The molecule has 1 aromatic carbocycles. The maximum Gasteiger partial charge on any atom is 0.223 e. The number of rotatable bonds is 6. The highest BCUT2D eigenvalue weighted by atomic mass is 19.1. The van der Waals surface area contributed by atoms with Gasteiger partial charge in [-0.25, -0.2) is 4.39 Å². The molecule has 1 fully saturated rings. The average molecular weight is 410 g/mol. The molecule has 8 heteroatoms. The summed E-state index contributed by atoms with van der Waals surface area (Å²) in [6.45, 7) is 6.28. The molecule has 1 aliphatic heterocycles. The van der Waals surface area contributed by atoms with Crippen molar-refractivity contribution in [1.82, 2.24) is 25.1 Å². The van der Waals surface area contributed by atoms with Gasteiger partial charge in [0.25, 0.3) is 0 Å². The number of aromatic nitrogens is 4. The van der Waals surface area contributed by atoms with Crippen LogP contribution in [0.3, 0.4) is 0 Å². The van der Waals surface area contributed by atoms with Gasteiger partial charge < -0.3 is 10.2 Å². The predicted molar refractivity (Wildman–Crippen MR) is 113 cm³/mol. The van der Waals surface area contributed by atoms with Crippen molar-refractivity contribution in [3.05, 3.63) is 53.6 Å². The van der Waals surface area contributed by atoms with Crippen LogP contribution in [0.4, 0.5) is 10.2 Å². The Morgan fingerprint density at radius 2 is 1.87 bits per heavy atom. The molecule has 0 saturated carbocycles. The summed E-state index contributed by atoms with van der Waals surface area (Å²) in [5.41, 5.74) is 1.76. The molecule has 3 heterocycles. The molecule has 1 aliphatic rings. The summed E-state index contributed by atoms with van der Waals surface area (Å²) < 4.78 is 14.8. The van der Waals surface area contributed by atoms with E-state index < -0.39 is 0 Å². The Labute approximate surface area is 175 Å². The number of nitrogens with one attached hydrogen (secondary N) is 1. The standard InChI is InChI=1S/C22H27FN6O/c1-15(2)21-26-25-19-7-8-20(27-29(19)21)28-13-10-17(11-14-28)22(30)24-12-9-16-3-5-18(23)6-4-16/h3-8,15,17H,9-14H2,1-2H3,(H,24,30). The number of benzene rings is 1. The molecule has 158 valence electrons. The van der Waals surface area contributed by atoms with Gasteiger partial charge in [0, 0.05) is 31.5 Å². The maximum absolute atomic E-state index is 13.0. The number of nitrogens with zero attached hydrogens (tertiary/aromatic N) is 5. The van der Waals surface area contributed by atoms with Crippen LogP contribution < -0.4 is 10.2 Å². The molecule has 1 amide bonds. The number of piperidine rings is 1. The van der Waals surface area contributed by atoms with Gasteiger partial charge in [0.05, 0.1) is 0 Å². The number of carbonyl (C=O) groups is 1. The molecular weight excluding hydrogens is 383 g/mol. The van der Waals surface area contributed by atoms with Gasteiger partial charge >= 0.3 is 0 Å². The summed E-state index contributed by atoms with van der Waals surface area (Å²) in [4.78, 5) is 14.7. The Bertz CT molecular complexity index is 1010. The SMILES string of the molecule is CC(C)c1nnc2ccc(N3CCC(C(=O)NCCc4ccc(F)cc4)CC3)nn12. The fraction of sp³-hybridized carbons (Fsp3) is 0.455. The molecule has 2 aromatic heterocycles. The van der Waals surface area contributed by atoms with E-state index in [4.69, 9.17) is 5.10 Å². The molecule has 7 nitrogen and oxygen atoms in total. The highest BCUT2D eigenvalue weighted by Crippen LogP contribution is 2.23. The Morgan fingerprint density at radius 1 is 1.13 bits per heavy atom. The van der Waals surface area contributed by atoms with Crippen LogP contribution in [0.5, 0.6) is 0 Å². The summed E-state index contributed by atoms with van der Waals surface area (Å²) in [6.07, 6.45) is 2.29. The minimum atomic E-state index is -0.243. The predicted octanol–water partition coefficient (Wildman–Crippen LogP) is 2.96. The molecule has 0 spiro atoms. The van der Waals surface area contributed by atoms with Crippen LogP contribution in [0.2, 0.25) is 0 Å². The zero-order valence-electron chi connectivity index (χ0n) is 17.4. The molecule has 0 unspecified atom stereocenters. The van der Waals surface area contributed by atoms with Crippen molar-refractivity contribution in [2.75, 3.05) is 24.5 Å². The molecule has 0 bridgehead atoms. The first kappa shape index (κ1) is 20.3. The first-order valence-corrected chi connectivity index (χ1v) is 10.5. The molecule has 1 N–H and O–H groups in total. The van der Waals surface area contributed by atoms with E-state index in [0.717, 1.165) is 48.8 Å². The lowest BCUT2D eigenvalue weighted by molar-refractivity contribution is -0.125. The first-order valence-electron chi connectivity index (χ1n) is 10.5. The smallest absolute Gasteiger partial charge is 0.223 e. The highest BCUT2D eigenvalue weighted by molar-refractivity contribution is 5.79. The van der Waals surface area contributed by atoms with Crippen LogP contribution in [0.25, 0.3) is 5.65 Å². The van der Waals surface area contributed by atoms with Gasteiger partial charge in [-0.15, -0.1) is 15.3 Å². The zero-order chi connectivity index (χ0) is 21.1. The number of carbonyl (C=O) groups excluding carboxylic acids is 1. The Kier molecular flexibility index (Phi) is 5.92. The number of hydrogen-bond acceptors (Lipinski definition) is 5. The largest absolute Gasteiger partial charge is 0.356 e. The molecule has 0 radical (unpaired) electrons. The van der Waals surface area contributed by atoms with Gasteiger partial charge in [-0.1, -0.05) is 26.0 Å². The van der Waals surface area contributed by atoms with Crippen molar-refractivity contribution in [3.8, 4) is 0 Å². The Morgan fingerprint density at radius 3 is 2.57 bits per heavy atom. The van der Waals surface area contributed by atoms with Crippen LogP contribution in [-0.4, -0.2) is 45.4 Å². The molecule has 0 atom stereocenters. The van der Waals surface area contributed by atoms with E-state index in [2.05, 4.69) is 34.3 Å². The van der Waals surface area contributed by atoms with Crippen molar-refractivity contribution >= 4 is 17.4 Å². The maximum atomic E-state index is 13.0. The van der Waals surface area contributed by atoms with Crippen molar-refractivity contribution < 1.29 is 9.18 Å². The molecule has 4 rings (SSSR count). The molecule has 3 aromatic rings.